The minimum Gasteiger partial charge on any atom is -0.494 e. The topological polar surface area (TPSA) is 75.7 Å². The largest absolute Gasteiger partial charge is 0.494 e. The maximum absolute atomic E-state index is 12.9. The van der Waals surface area contributed by atoms with E-state index in [0.717, 1.165) is 16.1 Å². The molecule has 0 aromatic heterocycles. The first-order valence-corrected chi connectivity index (χ1v) is 10.8. The zero-order valence-electron chi connectivity index (χ0n) is 16.2. The van der Waals surface area contributed by atoms with Gasteiger partial charge in [0.1, 0.15) is 17.6 Å². The Morgan fingerprint density at radius 2 is 1.75 bits per heavy atom. The van der Waals surface area contributed by atoms with Gasteiger partial charge in [-0.05, 0) is 62.2 Å². The summed E-state index contributed by atoms with van der Waals surface area (Å²) in [6.45, 7) is 4.21. The van der Waals surface area contributed by atoms with E-state index in [1.165, 1.54) is 19.1 Å². The van der Waals surface area contributed by atoms with Crippen molar-refractivity contribution in [3.05, 3.63) is 59.9 Å². The molecule has 2 aromatic carbocycles. The van der Waals surface area contributed by atoms with E-state index in [9.17, 15) is 17.6 Å². The van der Waals surface area contributed by atoms with Crippen LogP contribution in [0.4, 0.5) is 10.1 Å². The zero-order chi connectivity index (χ0) is 20.7. The normalized spacial score (nSPS) is 12.3. The van der Waals surface area contributed by atoms with Crippen molar-refractivity contribution in [2.45, 2.75) is 26.3 Å². The molecule has 8 heteroatoms. The highest BCUT2D eigenvalue weighted by Gasteiger charge is 2.28. The lowest BCUT2D eigenvalue weighted by molar-refractivity contribution is -0.121. The molecule has 0 spiro atoms. The molecule has 0 saturated heterocycles. The molecule has 0 fully saturated rings. The van der Waals surface area contributed by atoms with Gasteiger partial charge in [0.2, 0.25) is 15.9 Å². The van der Waals surface area contributed by atoms with Gasteiger partial charge in [0.05, 0.1) is 18.6 Å². The Kier molecular flexibility index (Phi) is 7.39. The van der Waals surface area contributed by atoms with Gasteiger partial charge in [-0.25, -0.2) is 12.8 Å². The van der Waals surface area contributed by atoms with Crippen LogP contribution in [-0.2, 0) is 21.2 Å². The summed E-state index contributed by atoms with van der Waals surface area (Å²) >= 11 is 0. The van der Waals surface area contributed by atoms with Crippen LogP contribution in [0.2, 0.25) is 0 Å². The first kappa shape index (κ1) is 21.7. The lowest BCUT2D eigenvalue weighted by atomic mass is 10.1. The van der Waals surface area contributed by atoms with Gasteiger partial charge in [0.15, 0.2) is 0 Å². The van der Waals surface area contributed by atoms with Gasteiger partial charge in [0.25, 0.3) is 0 Å². The van der Waals surface area contributed by atoms with E-state index in [2.05, 4.69) is 5.32 Å². The Bertz CT molecular complexity index is 883. The minimum atomic E-state index is -3.68. The Hall–Kier alpha value is -2.61. The fourth-order valence-electron chi connectivity index (χ4n) is 2.79. The quantitative estimate of drug-likeness (QED) is 0.692. The van der Waals surface area contributed by atoms with Gasteiger partial charge in [0, 0.05) is 6.54 Å². The molecule has 1 atom stereocenters. The molecule has 0 saturated carbocycles. The van der Waals surface area contributed by atoms with Crippen molar-refractivity contribution in [2.24, 2.45) is 0 Å². The number of hydrogen-bond donors (Lipinski definition) is 1. The highest BCUT2D eigenvalue weighted by molar-refractivity contribution is 7.92. The van der Waals surface area contributed by atoms with Crippen LogP contribution >= 0.6 is 0 Å². The predicted octanol–water partition coefficient (Wildman–Crippen LogP) is 2.74. The van der Waals surface area contributed by atoms with Crippen LogP contribution in [0, 0.1) is 5.82 Å². The summed E-state index contributed by atoms with van der Waals surface area (Å²) in [4.78, 5) is 12.5. The lowest BCUT2D eigenvalue weighted by Gasteiger charge is -2.28. The van der Waals surface area contributed by atoms with Crippen LogP contribution in [0.3, 0.4) is 0 Å². The zero-order valence-corrected chi connectivity index (χ0v) is 17.0. The summed E-state index contributed by atoms with van der Waals surface area (Å²) in [5.74, 6) is -0.113. The van der Waals surface area contributed by atoms with Crippen molar-refractivity contribution in [1.82, 2.24) is 5.32 Å². The molecule has 2 aromatic rings. The fraction of sp³-hybridized carbons (Fsp3) is 0.350. The first-order chi connectivity index (χ1) is 13.2. The van der Waals surface area contributed by atoms with Crippen molar-refractivity contribution < 1.29 is 22.3 Å². The number of carbonyl (C=O) groups excluding carboxylic acids is 1. The number of carbonyl (C=O) groups is 1. The summed E-state index contributed by atoms with van der Waals surface area (Å²) in [6, 6.07) is 11.6. The molecule has 2 rings (SSSR count). The van der Waals surface area contributed by atoms with Crippen LogP contribution in [-0.4, -0.2) is 39.8 Å². The Morgan fingerprint density at radius 3 is 2.29 bits per heavy atom. The molecule has 152 valence electrons. The van der Waals surface area contributed by atoms with E-state index >= 15 is 0 Å². The van der Waals surface area contributed by atoms with Crippen LogP contribution in [0.15, 0.2) is 48.5 Å². The summed E-state index contributed by atoms with van der Waals surface area (Å²) in [5, 5.41) is 2.74. The second-order valence-corrected chi connectivity index (χ2v) is 8.19. The minimum absolute atomic E-state index is 0.315. The van der Waals surface area contributed by atoms with Crippen LogP contribution in [0.1, 0.15) is 19.4 Å². The number of anilines is 1. The molecule has 0 aliphatic rings. The number of ether oxygens (including phenoxy) is 1. The van der Waals surface area contributed by atoms with E-state index in [1.807, 2.05) is 6.92 Å². The lowest BCUT2D eigenvalue weighted by Crippen LogP contribution is -2.48. The Balaban J connectivity index is 2.06. The third kappa shape index (κ3) is 5.95. The summed E-state index contributed by atoms with van der Waals surface area (Å²) in [6.07, 6.45) is 1.58. The third-order valence-electron chi connectivity index (χ3n) is 4.12. The monoisotopic (exact) mass is 408 g/mol. The van der Waals surface area contributed by atoms with Gasteiger partial charge in [-0.2, -0.15) is 0 Å². The average Bonchev–Trinajstić information content (AvgIpc) is 2.64. The number of nitrogens with zero attached hydrogens (tertiary/aromatic N) is 1. The summed E-state index contributed by atoms with van der Waals surface area (Å²) in [7, 11) is -3.68. The van der Waals surface area contributed by atoms with Gasteiger partial charge in [-0.3, -0.25) is 9.10 Å². The number of halogens is 1. The van der Waals surface area contributed by atoms with Gasteiger partial charge in [-0.1, -0.05) is 12.1 Å². The molecule has 0 bridgehead atoms. The third-order valence-corrected chi connectivity index (χ3v) is 5.36. The molecule has 0 aliphatic heterocycles. The number of sulfonamides is 1. The molecular formula is C20H25FN2O4S. The van der Waals surface area contributed by atoms with E-state index in [4.69, 9.17) is 4.74 Å². The van der Waals surface area contributed by atoms with Gasteiger partial charge >= 0.3 is 0 Å². The molecule has 0 aliphatic carbocycles. The second kappa shape index (κ2) is 9.54. The molecule has 0 radical (unpaired) electrons. The molecule has 6 nitrogen and oxygen atoms in total. The van der Waals surface area contributed by atoms with Gasteiger partial charge < -0.3 is 10.1 Å². The number of amides is 1. The molecule has 28 heavy (non-hydrogen) atoms. The number of rotatable bonds is 9. The van der Waals surface area contributed by atoms with Crippen LogP contribution < -0.4 is 14.4 Å². The van der Waals surface area contributed by atoms with Crippen LogP contribution in [0.5, 0.6) is 5.75 Å². The smallest absolute Gasteiger partial charge is 0.243 e. The Labute approximate surface area is 165 Å². The first-order valence-electron chi connectivity index (χ1n) is 8.96. The molecular weight excluding hydrogens is 383 g/mol. The highest BCUT2D eigenvalue weighted by Crippen LogP contribution is 2.24. The van der Waals surface area contributed by atoms with Crippen molar-refractivity contribution >= 4 is 21.6 Å². The van der Waals surface area contributed by atoms with Crippen molar-refractivity contribution in [3.63, 3.8) is 0 Å². The number of hydrogen-bond acceptors (Lipinski definition) is 4. The summed E-state index contributed by atoms with van der Waals surface area (Å²) in [5.41, 5.74) is 1.26. The second-order valence-electron chi connectivity index (χ2n) is 6.33. The fourth-order valence-corrected chi connectivity index (χ4v) is 3.97. The average molecular weight is 408 g/mol. The summed E-state index contributed by atoms with van der Waals surface area (Å²) < 4.78 is 44.0. The molecule has 0 heterocycles. The van der Waals surface area contributed by atoms with Crippen LogP contribution in [0.25, 0.3) is 0 Å². The standard InChI is InChI=1S/C20H25FN2O4S/c1-4-27-19-11-9-18(10-12-19)23(28(3,25)26)15(2)20(24)22-14-13-16-5-7-17(21)8-6-16/h5-12,15H,4,13-14H2,1-3H3,(H,22,24). The Morgan fingerprint density at radius 1 is 1.14 bits per heavy atom. The molecule has 1 unspecified atom stereocenters. The predicted molar refractivity (Wildman–Crippen MR) is 108 cm³/mol. The van der Waals surface area contributed by atoms with E-state index in [-0.39, 0.29) is 5.82 Å². The van der Waals surface area contributed by atoms with Gasteiger partial charge in [-0.15, -0.1) is 0 Å². The highest BCUT2D eigenvalue weighted by atomic mass is 32.2. The van der Waals surface area contributed by atoms with Crippen molar-refractivity contribution in [2.75, 3.05) is 23.7 Å². The SMILES string of the molecule is CCOc1ccc(N(C(C)C(=O)NCCc2ccc(F)cc2)S(C)(=O)=O)cc1. The number of benzene rings is 2. The van der Waals surface area contributed by atoms with E-state index < -0.39 is 22.0 Å². The van der Waals surface area contributed by atoms with Crippen molar-refractivity contribution in [1.29, 1.82) is 0 Å². The maximum Gasteiger partial charge on any atom is 0.243 e. The molecule has 1 N–H and O–H groups in total. The molecule has 1 amide bonds. The van der Waals surface area contributed by atoms with Crippen molar-refractivity contribution in [3.8, 4) is 5.75 Å². The van der Waals surface area contributed by atoms with E-state index in [0.29, 0.717) is 31.0 Å². The number of nitrogens with one attached hydrogen (secondary N) is 1. The maximum atomic E-state index is 12.9. The van der Waals surface area contributed by atoms with E-state index in [1.54, 1.807) is 36.4 Å².